The van der Waals surface area contributed by atoms with Crippen molar-refractivity contribution in [2.45, 2.75) is 63.8 Å². The van der Waals surface area contributed by atoms with Crippen LogP contribution in [0.5, 0.6) is 11.5 Å². The van der Waals surface area contributed by atoms with Gasteiger partial charge in [-0.3, -0.25) is 4.79 Å². The van der Waals surface area contributed by atoms with Crippen LogP contribution in [0.15, 0.2) is 97.1 Å². The first-order valence-electron chi connectivity index (χ1n) is 16.8. The fourth-order valence-corrected chi connectivity index (χ4v) is 6.40. The van der Waals surface area contributed by atoms with E-state index in [0.29, 0.717) is 46.0 Å². The van der Waals surface area contributed by atoms with Crippen LogP contribution in [0.2, 0.25) is 6.04 Å². The van der Waals surface area contributed by atoms with E-state index >= 15 is 0 Å². The Labute approximate surface area is 298 Å². The number of amides is 1. The summed E-state index contributed by atoms with van der Waals surface area (Å²) in [7, 11) is 3.75. The zero-order valence-corrected chi connectivity index (χ0v) is 30.8. The van der Waals surface area contributed by atoms with Crippen LogP contribution in [0.25, 0.3) is 0 Å². The zero-order chi connectivity index (χ0) is 36.1. The van der Waals surface area contributed by atoms with Crippen molar-refractivity contribution in [1.82, 2.24) is 5.32 Å². The Kier molecular flexibility index (Phi) is 13.5. The molecule has 0 heterocycles. The molecule has 1 N–H and O–H groups in total. The van der Waals surface area contributed by atoms with Gasteiger partial charge in [-0.2, -0.15) is 0 Å². The van der Waals surface area contributed by atoms with Crippen LogP contribution in [0.1, 0.15) is 89.9 Å². The summed E-state index contributed by atoms with van der Waals surface area (Å²) < 4.78 is 21.6. The van der Waals surface area contributed by atoms with Crippen LogP contribution in [-0.4, -0.2) is 55.0 Å². The van der Waals surface area contributed by atoms with Crippen LogP contribution in [0, 0.1) is 0 Å². The summed E-state index contributed by atoms with van der Waals surface area (Å²) in [4.78, 5) is 37.2. The fourth-order valence-electron chi connectivity index (χ4n) is 5.88. The topological polar surface area (TPSA) is 100 Å². The van der Waals surface area contributed by atoms with E-state index in [2.05, 4.69) is 38.2 Å². The Morgan fingerprint density at radius 2 is 1.20 bits per heavy atom. The van der Waals surface area contributed by atoms with E-state index < -0.39 is 17.5 Å². The largest absolute Gasteiger partial charge is 0.497 e. The number of hydrogen-bond acceptors (Lipinski definition) is 7. The van der Waals surface area contributed by atoms with Gasteiger partial charge in [-0.25, -0.2) is 9.59 Å². The molecule has 1 amide bonds. The average Bonchev–Trinajstić information content (AvgIpc) is 3.13. The number of rotatable bonds is 17. The van der Waals surface area contributed by atoms with Crippen molar-refractivity contribution >= 4 is 27.6 Å². The number of Topliss-reactive ketones (excluding diaryl/α,β-unsaturated/α-hetero) is 1. The second-order valence-corrected chi connectivity index (χ2v) is 14.1. The smallest absolute Gasteiger partial charge is 0.407 e. The highest BCUT2D eigenvalue weighted by molar-refractivity contribution is 6.26. The molecule has 0 saturated carbocycles. The van der Waals surface area contributed by atoms with Crippen LogP contribution in [0.3, 0.4) is 0 Å². The van der Waals surface area contributed by atoms with E-state index in [1.54, 1.807) is 45.4 Å². The van der Waals surface area contributed by atoms with Gasteiger partial charge in [-0.1, -0.05) is 81.4 Å². The number of carbonyl (C=O) groups excluding carboxylic acids is 3. The number of nitrogens with one attached hydrogen (secondary N) is 1. The average molecular weight is 694 g/mol. The fraction of sp³-hybridized carbons (Fsp3) is 0.341. The van der Waals surface area contributed by atoms with Gasteiger partial charge in [-0.15, -0.1) is 0 Å². The van der Waals surface area contributed by atoms with Crippen LogP contribution < -0.4 is 14.8 Å². The maximum atomic E-state index is 13.1. The molecule has 0 aliphatic rings. The first-order chi connectivity index (χ1) is 24.0. The predicted octanol–water partition coefficient (Wildman–Crippen LogP) is 8.33. The standard InChI is InChI=1S/C41H47NO7Si/c1-29(43)30-9-15-34(16-10-30)41(4,25-7-27-48-39(45)42-26-8-28-50-47-6)35-19-23-37(24-20-35)49-38(44)31-11-13-32(14-12-31)40(2,3)33-17-21-36(46-5)22-18-33/h9-24H,7-8,25-28H2,1-6H3,(H,42,45). The van der Waals surface area contributed by atoms with Gasteiger partial charge in [0.15, 0.2) is 5.78 Å². The van der Waals surface area contributed by atoms with Crippen molar-refractivity contribution in [3.8, 4) is 11.5 Å². The number of ether oxygens (including phenoxy) is 3. The molecule has 0 bridgehead atoms. The molecule has 4 aromatic rings. The molecule has 1 unspecified atom stereocenters. The second kappa shape index (κ2) is 17.8. The molecule has 0 saturated heterocycles. The molecule has 0 spiro atoms. The SMILES string of the molecule is CO[Si]CCCNC(=O)OCCCC(C)(c1ccc(OC(=O)c2ccc(C(C)(C)c3ccc(OC)cc3)cc2)cc1)c1ccc(C(C)=O)cc1. The molecule has 50 heavy (non-hydrogen) atoms. The number of esters is 1. The van der Waals surface area contributed by atoms with Crippen molar-refractivity contribution in [2.24, 2.45) is 0 Å². The van der Waals surface area contributed by atoms with E-state index in [4.69, 9.17) is 18.6 Å². The highest BCUT2D eigenvalue weighted by atomic mass is 28.2. The molecule has 8 nitrogen and oxygen atoms in total. The third-order valence-corrected chi connectivity index (χ3v) is 10.1. The van der Waals surface area contributed by atoms with Gasteiger partial charge in [0, 0.05) is 30.0 Å². The molecular formula is C41H47NO7Si. The maximum Gasteiger partial charge on any atom is 0.407 e. The lowest BCUT2D eigenvalue weighted by Gasteiger charge is -2.31. The quantitative estimate of drug-likeness (QED) is 0.0390. The van der Waals surface area contributed by atoms with Crippen molar-refractivity contribution in [2.75, 3.05) is 27.4 Å². The van der Waals surface area contributed by atoms with Crippen LogP contribution >= 0.6 is 0 Å². The molecule has 0 aliphatic heterocycles. The lowest BCUT2D eigenvalue weighted by molar-refractivity contribution is 0.0734. The van der Waals surface area contributed by atoms with E-state index in [0.717, 1.165) is 40.5 Å². The van der Waals surface area contributed by atoms with Gasteiger partial charge in [0.25, 0.3) is 0 Å². The normalized spacial score (nSPS) is 12.4. The van der Waals surface area contributed by atoms with Gasteiger partial charge < -0.3 is 24.0 Å². The minimum atomic E-state index is -0.467. The number of benzene rings is 4. The Bertz CT molecular complexity index is 1700. The number of alkyl carbamates (subject to hydrolysis) is 1. The summed E-state index contributed by atoms with van der Waals surface area (Å²) in [6.07, 6.45) is 1.69. The second-order valence-electron chi connectivity index (χ2n) is 12.9. The summed E-state index contributed by atoms with van der Waals surface area (Å²) >= 11 is 0. The van der Waals surface area contributed by atoms with Gasteiger partial charge in [0.2, 0.25) is 9.76 Å². The van der Waals surface area contributed by atoms with E-state index in [9.17, 15) is 14.4 Å². The highest BCUT2D eigenvalue weighted by Crippen LogP contribution is 2.38. The molecule has 9 heteroatoms. The predicted molar refractivity (Wildman–Crippen MR) is 197 cm³/mol. The molecule has 1 atom stereocenters. The summed E-state index contributed by atoms with van der Waals surface area (Å²) in [5.41, 5.74) is 4.59. The van der Waals surface area contributed by atoms with Crippen molar-refractivity contribution < 1.29 is 33.0 Å². The summed E-state index contributed by atoms with van der Waals surface area (Å²) in [5, 5.41) is 2.78. The first-order valence-corrected chi connectivity index (χ1v) is 17.9. The highest BCUT2D eigenvalue weighted by Gasteiger charge is 2.29. The molecule has 0 aromatic heterocycles. The minimum Gasteiger partial charge on any atom is -0.497 e. The van der Waals surface area contributed by atoms with E-state index in [1.165, 1.54) is 0 Å². The minimum absolute atomic E-state index is 0.00196. The number of ketones is 1. The Morgan fingerprint density at radius 1 is 0.680 bits per heavy atom. The van der Waals surface area contributed by atoms with Gasteiger partial charge in [-0.05, 0) is 90.9 Å². The van der Waals surface area contributed by atoms with Crippen LogP contribution in [-0.2, 0) is 20.0 Å². The van der Waals surface area contributed by atoms with Crippen LogP contribution in [0.4, 0.5) is 4.79 Å². The van der Waals surface area contributed by atoms with Gasteiger partial charge >= 0.3 is 12.1 Å². The van der Waals surface area contributed by atoms with Gasteiger partial charge in [0.05, 0.1) is 19.3 Å². The molecule has 4 rings (SSSR count). The monoisotopic (exact) mass is 693 g/mol. The molecule has 4 aromatic carbocycles. The van der Waals surface area contributed by atoms with E-state index in [1.807, 2.05) is 60.7 Å². The zero-order valence-electron chi connectivity index (χ0n) is 29.8. The van der Waals surface area contributed by atoms with Crippen molar-refractivity contribution in [3.05, 3.63) is 130 Å². The molecule has 2 radical (unpaired) electrons. The Balaban J connectivity index is 1.42. The maximum absolute atomic E-state index is 13.1. The molecule has 0 aliphatic carbocycles. The first kappa shape index (κ1) is 38.1. The van der Waals surface area contributed by atoms with Gasteiger partial charge in [0.1, 0.15) is 11.5 Å². The third kappa shape index (κ3) is 9.92. The molecule has 262 valence electrons. The van der Waals surface area contributed by atoms with Crippen molar-refractivity contribution in [3.63, 3.8) is 0 Å². The third-order valence-electron chi connectivity index (χ3n) is 9.21. The number of hydrogen-bond donors (Lipinski definition) is 1. The Morgan fingerprint density at radius 3 is 1.76 bits per heavy atom. The number of carbonyl (C=O) groups is 3. The summed E-state index contributed by atoms with van der Waals surface area (Å²) in [6.45, 7) is 8.77. The van der Waals surface area contributed by atoms with Crippen molar-refractivity contribution in [1.29, 1.82) is 0 Å². The van der Waals surface area contributed by atoms with E-state index in [-0.39, 0.29) is 17.8 Å². The Hall–Kier alpha value is -4.73. The molecule has 0 fully saturated rings. The summed E-state index contributed by atoms with van der Waals surface area (Å²) in [6, 6.07) is 31.5. The lowest BCUT2D eigenvalue weighted by atomic mass is 9.73. The number of methoxy groups -OCH3 is 1. The summed E-state index contributed by atoms with van der Waals surface area (Å²) in [5.74, 6) is 0.799. The molecular weight excluding hydrogens is 647 g/mol. The lowest BCUT2D eigenvalue weighted by Crippen LogP contribution is -2.27.